The van der Waals surface area contributed by atoms with Gasteiger partial charge < -0.3 is 15.4 Å². The van der Waals surface area contributed by atoms with E-state index in [9.17, 15) is 4.79 Å². The zero-order valence-electron chi connectivity index (χ0n) is 16.2. The number of ether oxygens (including phenoxy) is 1. The van der Waals surface area contributed by atoms with Crippen molar-refractivity contribution in [3.63, 3.8) is 0 Å². The Labute approximate surface area is 172 Å². The fourth-order valence-electron chi connectivity index (χ4n) is 3.27. The number of carbonyl (C=O) groups is 1. The van der Waals surface area contributed by atoms with Gasteiger partial charge in [-0.2, -0.15) is 4.68 Å². The highest BCUT2D eigenvalue weighted by atomic mass is 32.2. The summed E-state index contributed by atoms with van der Waals surface area (Å²) in [4.78, 5) is 14.4. The minimum absolute atomic E-state index is 0.222. The van der Waals surface area contributed by atoms with Crippen LogP contribution in [0.3, 0.4) is 0 Å². The lowest BCUT2D eigenvalue weighted by Crippen LogP contribution is -2.31. The summed E-state index contributed by atoms with van der Waals surface area (Å²) in [6.07, 6.45) is 2.02. The van der Waals surface area contributed by atoms with E-state index in [2.05, 4.69) is 26.2 Å². The molecule has 1 unspecified atom stereocenters. The maximum atomic E-state index is 13.2. The van der Waals surface area contributed by atoms with Crippen LogP contribution < -0.4 is 15.4 Å². The Balaban J connectivity index is 1.70. The van der Waals surface area contributed by atoms with Crippen molar-refractivity contribution < 1.29 is 9.53 Å². The van der Waals surface area contributed by atoms with E-state index in [1.165, 1.54) is 0 Å². The molecule has 1 aromatic heterocycles. The number of rotatable bonds is 5. The molecule has 4 rings (SSSR count). The topological polar surface area (TPSA) is 94.0 Å². The second-order valence-corrected chi connectivity index (χ2v) is 7.35. The summed E-state index contributed by atoms with van der Waals surface area (Å²) in [5, 5.41) is 18.0. The van der Waals surface area contributed by atoms with Crippen molar-refractivity contribution in [1.82, 2.24) is 20.2 Å². The Bertz CT molecular complexity index is 1060. The highest BCUT2D eigenvalue weighted by Gasteiger charge is 2.34. The third kappa shape index (κ3) is 3.68. The SMILES string of the molecule is COc1ccc(NC(=O)C2=C(C)Nc3nnnn3C2c2ccc(SC)cc2)cc1. The van der Waals surface area contributed by atoms with Gasteiger partial charge in [-0.3, -0.25) is 4.79 Å². The fraction of sp³-hybridized carbons (Fsp3) is 0.200. The zero-order valence-corrected chi connectivity index (χ0v) is 17.0. The highest BCUT2D eigenvalue weighted by Crippen LogP contribution is 2.35. The Morgan fingerprint density at radius 3 is 2.55 bits per heavy atom. The van der Waals surface area contributed by atoms with Crippen LogP contribution in [0, 0.1) is 0 Å². The number of anilines is 2. The van der Waals surface area contributed by atoms with Gasteiger partial charge in [0.25, 0.3) is 5.91 Å². The molecule has 8 nitrogen and oxygen atoms in total. The van der Waals surface area contributed by atoms with Crippen LogP contribution in [-0.4, -0.2) is 39.5 Å². The third-order valence-corrected chi connectivity index (χ3v) is 5.48. The number of allylic oxidation sites excluding steroid dienone is 1. The summed E-state index contributed by atoms with van der Waals surface area (Å²) in [5.41, 5.74) is 2.86. The summed E-state index contributed by atoms with van der Waals surface area (Å²) in [6.45, 7) is 1.85. The van der Waals surface area contributed by atoms with Gasteiger partial charge in [-0.25, -0.2) is 0 Å². The van der Waals surface area contributed by atoms with Crippen LogP contribution >= 0.6 is 11.8 Å². The second-order valence-electron chi connectivity index (χ2n) is 6.47. The monoisotopic (exact) mass is 408 g/mol. The summed E-state index contributed by atoms with van der Waals surface area (Å²) in [6, 6.07) is 14.8. The van der Waals surface area contributed by atoms with Gasteiger partial charge in [-0.05, 0) is 65.6 Å². The quantitative estimate of drug-likeness (QED) is 0.626. The van der Waals surface area contributed by atoms with Gasteiger partial charge >= 0.3 is 0 Å². The molecule has 0 radical (unpaired) electrons. The van der Waals surface area contributed by atoms with Crippen LogP contribution in [0.15, 0.2) is 64.7 Å². The number of carbonyl (C=O) groups excluding carboxylic acids is 1. The van der Waals surface area contributed by atoms with Crippen LogP contribution in [0.2, 0.25) is 0 Å². The lowest BCUT2D eigenvalue weighted by Gasteiger charge is -2.28. The molecule has 1 atom stereocenters. The minimum atomic E-state index is -0.435. The minimum Gasteiger partial charge on any atom is -0.497 e. The molecule has 0 aliphatic carbocycles. The van der Waals surface area contributed by atoms with Crippen molar-refractivity contribution in [2.45, 2.75) is 17.9 Å². The first-order valence-corrected chi connectivity index (χ1v) is 10.2. The summed E-state index contributed by atoms with van der Waals surface area (Å²) < 4.78 is 6.80. The van der Waals surface area contributed by atoms with Gasteiger partial charge in [0.1, 0.15) is 11.8 Å². The van der Waals surface area contributed by atoms with Crippen LogP contribution in [0.25, 0.3) is 0 Å². The molecule has 9 heteroatoms. The van der Waals surface area contributed by atoms with Crippen LogP contribution in [0.5, 0.6) is 5.75 Å². The first kappa shape index (κ1) is 19.0. The lowest BCUT2D eigenvalue weighted by atomic mass is 9.95. The average molecular weight is 408 g/mol. The molecule has 1 amide bonds. The zero-order chi connectivity index (χ0) is 20.4. The van der Waals surface area contributed by atoms with E-state index in [1.807, 2.05) is 37.4 Å². The van der Waals surface area contributed by atoms with Crippen LogP contribution in [0.4, 0.5) is 11.6 Å². The second kappa shape index (κ2) is 7.96. The smallest absolute Gasteiger partial charge is 0.255 e. The van der Waals surface area contributed by atoms with Crippen molar-refractivity contribution in [3.05, 3.63) is 65.4 Å². The number of thioether (sulfide) groups is 1. The molecule has 1 aliphatic rings. The Morgan fingerprint density at radius 1 is 1.17 bits per heavy atom. The Hall–Kier alpha value is -3.33. The van der Waals surface area contributed by atoms with E-state index in [0.717, 1.165) is 16.2 Å². The van der Waals surface area contributed by atoms with Gasteiger partial charge in [0.2, 0.25) is 5.95 Å². The van der Waals surface area contributed by atoms with E-state index in [4.69, 9.17) is 4.74 Å². The molecular weight excluding hydrogens is 388 g/mol. The number of nitrogens with one attached hydrogen (secondary N) is 2. The number of benzene rings is 2. The molecule has 3 aromatic rings. The highest BCUT2D eigenvalue weighted by molar-refractivity contribution is 7.98. The van der Waals surface area contributed by atoms with Gasteiger partial charge in [0.05, 0.1) is 12.7 Å². The Morgan fingerprint density at radius 2 is 1.90 bits per heavy atom. The van der Waals surface area contributed by atoms with Crippen molar-refractivity contribution in [3.8, 4) is 5.75 Å². The number of methoxy groups -OCH3 is 1. The lowest BCUT2D eigenvalue weighted by molar-refractivity contribution is -0.113. The first-order chi connectivity index (χ1) is 14.1. The van der Waals surface area contributed by atoms with Gasteiger partial charge in [-0.15, -0.1) is 11.8 Å². The van der Waals surface area contributed by atoms with E-state index in [0.29, 0.717) is 22.9 Å². The predicted molar refractivity (Wildman–Crippen MR) is 112 cm³/mol. The molecule has 0 bridgehead atoms. The standard InChI is InChI=1S/C20H20N6O2S/c1-12-17(19(27)22-14-6-8-15(28-2)9-7-14)18(26-20(21-12)23-24-25-26)13-4-10-16(29-3)11-5-13/h4-11,18H,1-3H3,(H,22,27)(H,21,23,25). The Kier molecular flexibility index (Phi) is 5.22. The van der Waals surface area contributed by atoms with Gasteiger partial charge in [0.15, 0.2) is 0 Å². The molecule has 0 saturated carbocycles. The molecule has 2 heterocycles. The van der Waals surface area contributed by atoms with Crippen LogP contribution in [-0.2, 0) is 4.79 Å². The summed E-state index contributed by atoms with van der Waals surface area (Å²) in [7, 11) is 1.60. The number of aromatic nitrogens is 4. The number of amides is 1. The normalized spacial score (nSPS) is 15.5. The number of hydrogen-bond donors (Lipinski definition) is 2. The largest absolute Gasteiger partial charge is 0.497 e. The molecule has 2 N–H and O–H groups in total. The summed E-state index contributed by atoms with van der Waals surface area (Å²) >= 11 is 1.66. The molecule has 0 fully saturated rings. The number of hydrogen-bond acceptors (Lipinski definition) is 7. The fourth-order valence-corrected chi connectivity index (χ4v) is 3.68. The number of nitrogens with zero attached hydrogens (tertiary/aromatic N) is 4. The number of fused-ring (bicyclic) bond motifs is 1. The van der Waals surface area contributed by atoms with E-state index < -0.39 is 6.04 Å². The van der Waals surface area contributed by atoms with E-state index in [-0.39, 0.29) is 5.91 Å². The summed E-state index contributed by atoms with van der Waals surface area (Å²) in [5.74, 6) is 1.01. The molecule has 2 aromatic carbocycles. The van der Waals surface area contributed by atoms with Crippen molar-refractivity contribution in [2.75, 3.05) is 24.0 Å². The molecule has 29 heavy (non-hydrogen) atoms. The molecule has 148 valence electrons. The molecule has 0 saturated heterocycles. The maximum absolute atomic E-state index is 13.2. The van der Waals surface area contributed by atoms with Gasteiger partial charge in [-0.1, -0.05) is 17.2 Å². The van der Waals surface area contributed by atoms with Gasteiger partial charge in [0, 0.05) is 16.3 Å². The van der Waals surface area contributed by atoms with E-state index in [1.54, 1.807) is 47.8 Å². The van der Waals surface area contributed by atoms with Crippen LogP contribution in [0.1, 0.15) is 18.5 Å². The van der Waals surface area contributed by atoms with E-state index >= 15 is 0 Å². The van der Waals surface area contributed by atoms with Crippen molar-refractivity contribution in [2.24, 2.45) is 0 Å². The maximum Gasteiger partial charge on any atom is 0.255 e. The molecule has 0 spiro atoms. The average Bonchev–Trinajstić information content (AvgIpc) is 3.21. The predicted octanol–water partition coefficient (Wildman–Crippen LogP) is 3.33. The van der Waals surface area contributed by atoms with Crippen molar-refractivity contribution >= 4 is 29.3 Å². The molecule has 1 aliphatic heterocycles. The number of tetrazole rings is 1. The van der Waals surface area contributed by atoms with Crippen molar-refractivity contribution in [1.29, 1.82) is 0 Å². The first-order valence-electron chi connectivity index (χ1n) is 8.95. The molecular formula is C20H20N6O2S. The third-order valence-electron chi connectivity index (χ3n) is 4.74.